The maximum Gasteiger partial charge on any atom is 0.227 e. The molecule has 0 radical (unpaired) electrons. The summed E-state index contributed by atoms with van der Waals surface area (Å²) in [5, 5.41) is 14.0. The first-order chi connectivity index (χ1) is 16.6. The van der Waals surface area contributed by atoms with E-state index in [1.807, 2.05) is 18.2 Å². The molecule has 4 aliphatic rings. The predicted octanol–water partition coefficient (Wildman–Crippen LogP) is 4.54. The third-order valence-electron chi connectivity index (χ3n) is 6.87. The molecule has 5 rings (SSSR count). The fraction of sp³-hybridized carbons (Fsp3) is 0.444. The summed E-state index contributed by atoms with van der Waals surface area (Å²) in [6.07, 6.45) is 14.9. The number of amides is 1. The van der Waals surface area contributed by atoms with Gasteiger partial charge in [0.25, 0.3) is 0 Å². The van der Waals surface area contributed by atoms with Crippen molar-refractivity contribution in [2.24, 2.45) is 11.8 Å². The number of aliphatic hydroxyl groups is 1. The zero-order valence-electron chi connectivity index (χ0n) is 19.2. The average Bonchev–Trinajstić information content (AvgIpc) is 3.56. The Kier molecular flexibility index (Phi) is 6.52. The molecule has 2 N–H and O–H groups in total. The van der Waals surface area contributed by atoms with Crippen molar-refractivity contribution in [3.05, 3.63) is 76.9 Å². The standard InChI is InChI=1S/C27H30N2O5/c30-21-13-22(31)24(23(14-21)34-16-18-6-3-10-28-15-18)26-25(29-27(32)19-7-8-19)20(9-11-33-26)12-17-4-1-2-5-17/h3,6,9-11,14-15,17,19,26,31H,1-2,4-5,7-8,12-13,16H2,(H,29,32). The first kappa shape index (κ1) is 22.4. The molecule has 0 bridgehead atoms. The van der Waals surface area contributed by atoms with Crippen LogP contribution in [0.15, 0.2) is 71.3 Å². The number of ketones is 1. The van der Waals surface area contributed by atoms with E-state index in [1.165, 1.54) is 31.8 Å². The smallest absolute Gasteiger partial charge is 0.227 e. The first-order valence-corrected chi connectivity index (χ1v) is 12.1. The van der Waals surface area contributed by atoms with E-state index in [2.05, 4.69) is 10.3 Å². The highest BCUT2D eigenvalue weighted by molar-refractivity contribution is 5.94. The molecule has 0 saturated heterocycles. The largest absolute Gasteiger partial charge is 0.511 e. The number of carbonyl (C=O) groups is 2. The third-order valence-corrected chi connectivity index (χ3v) is 6.87. The minimum atomic E-state index is -0.752. The number of carbonyl (C=O) groups excluding carboxylic acids is 2. The lowest BCUT2D eigenvalue weighted by molar-refractivity contribution is -0.122. The Morgan fingerprint density at radius 3 is 2.79 bits per heavy atom. The summed E-state index contributed by atoms with van der Waals surface area (Å²) in [6, 6.07) is 3.69. The molecular weight excluding hydrogens is 432 g/mol. The fourth-order valence-electron chi connectivity index (χ4n) is 4.89. The quantitative estimate of drug-likeness (QED) is 0.589. The molecule has 7 nitrogen and oxygen atoms in total. The Labute approximate surface area is 199 Å². The van der Waals surface area contributed by atoms with Gasteiger partial charge in [0.05, 0.1) is 24.0 Å². The summed E-state index contributed by atoms with van der Waals surface area (Å²) in [7, 11) is 0. The Hall–Kier alpha value is -3.35. The summed E-state index contributed by atoms with van der Waals surface area (Å²) < 4.78 is 12.0. The van der Waals surface area contributed by atoms with Crippen LogP contribution in [0, 0.1) is 11.8 Å². The molecule has 34 heavy (non-hydrogen) atoms. The van der Waals surface area contributed by atoms with E-state index in [0.717, 1.165) is 30.4 Å². The van der Waals surface area contributed by atoms with Gasteiger partial charge >= 0.3 is 0 Å². The van der Waals surface area contributed by atoms with E-state index in [-0.39, 0.29) is 42.2 Å². The van der Waals surface area contributed by atoms with Gasteiger partial charge in [-0.05, 0) is 42.9 Å². The van der Waals surface area contributed by atoms with Crippen molar-refractivity contribution in [2.45, 2.75) is 64.1 Å². The van der Waals surface area contributed by atoms with E-state index in [9.17, 15) is 14.7 Å². The average molecular weight is 463 g/mol. The second kappa shape index (κ2) is 9.87. The summed E-state index contributed by atoms with van der Waals surface area (Å²) in [6.45, 7) is 0.189. The van der Waals surface area contributed by atoms with E-state index in [1.54, 1.807) is 18.7 Å². The Morgan fingerprint density at radius 1 is 1.24 bits per heavy atom. The number of nitrogens with one attached hydrogen (secondary N) is 1. The number of aromatic nitrogens is 1. The van der Waals surface area contributed by atoms with Gasteiger partial charge in [-0.3, -0.25) is 14.6 Å². The lowest BCUT2D eigenvalue weighted by atomic mass is 9.89. The summed E-state index contributed by atoms with van der Waals surface area (Å²) in [5.41, 5.74) is 2.89. The van der Waals surface area contributed by atoms with Crippen molar-refractivity contribution in [2.75, 3.05) is 0 Å². The summed E-state index contributed by atoms with van der Waals surface area (Å²) in [5.74, 6) is 0.505. The van der Waals surface area contributed by atoms with Crippen LogP contribution in [0.2, 0.25) is 0 Å². The zero-order valence-corrected chi connectivity index (χ0v) is 19.2. The van der Waals surface area contributed by atoms with Crippen LogP contribution in [0.3, 0.4) is 0 Å². The van der Waals surface area contributed by atoms with Gasteiger partial charge in [0.1, 0.15) is 18.1 Å². The normalized spacial score (nSPS) is 23.1. The minimum absolute atomic E-state index is 0.0170. The number of ether oxygens (including phenoxy) is 2. The van der Waals surface area contributed by atoms with Crippen molar-refractivity contribution >= 4 is 11.7 Å². The second-order valence-electron chi connectivity index (χ2n) is 9.54. The molecule has 2 saturated carbocycles. The molecule has 0 aromatic carbocycles. The summed E-state index contributed by atoms with van der Waals surface area (Å²) in [4.78, 5) is 29.2. The molecule has 3 aliphatic carbocycles. The molecular formula is C27H30N2O5. The lowest BCUT2D eigenvalue weighted by Gasteiger charge is -2.31. The maximum absolute atomic E-state index is 12.8. The van der Waals surface area contributed by atoms with E-state index >= 15 is 0 Å². The number of nitrogens with zero attached hydrogens (tertiary/aromatic N) is 1. The maximum atomic E-state index is 12.8. The van der Waals surface area contributed by atoms with Crippen LogP contribution < -0.4 is 5.32 Å². The molecule has 7 heteroatoms. The highest BCUT2D eigenvalue weighted by Gasteiger charge is 2.38. The highest BCUT2D eigenvalue weighted by atomic mass is 16.5. The SMILES string of the molecule is O=C1C=C(OCc2cccnc2)C(C2OC=CC(CC3CCCC3)=C2NC(=O)C2CC2)=C(O)C1. The monoisotopic (exact) mass is 462 g/mol. The molecule has 178 valence electrons. The molecule has 1 aliphatic heterocycles. The molecule has 1 aromatic rings. The highest BCUT2D eigenvalue weighted by Crippen LogP contribution is 2.38. The minimum Gasteiger partial charge on any atom is -0.511 e. The van der Waals surface area contributed by atoms with Crippen molar-refractivity contribution in [3.63, 3.8) is 0 Å². The van der Waals surface area contributed by atoms with Crippen LogP contribution >= 0.6 is 0 Å². The van der Waals surface area contributed by atoms with Crippen molar-refractivity contribution in [1.82, 2.24) is 10.3 Å². The van der Waals surface area contributed by atoms with Gasteiger partial charge in [0.2, 0.25) is 5.91 Å². The molecule has 1 amide bonds. The van der Waals surface area contributed by atoms with Crippen LogP contribution in [0.1, 0.15) is 56.9 Å². The van der Waals surface area contributed by atoms with Crippen LogP contribution in [0.4, 0.5) is 0 Å². The Morgan fingerprint density at radius 2 is 2.06 bits per heavy atom. The lowest BCUT2D eigenvalue weighted by Crippen LogP contribution is -2.37. The number of aliphatic hydroxyl groups excluding tert-OH is 1. The number of allylic oxidation sites excluding steroid dienone is 4. The van der Waals surface area contributed by atoms with Gasteiger partial charge in [-0.2, -0.15) is 0 Å². The van der Waals surface area contributed by atoms with Crippen molar-refractivity contribution in [3.8, 4) is 0 Å². The van der Waals surface area contributed by atoms with Crippen molar-refractivity contribution < 1.29 is 24.2 Å². The molecule has 2 heterocycles. The van der Waals surface area contributed by atoms with Crippen LogP contribution in [-0.4, -0.2) is 27.9 Å². The van der Waals surface area contributed by atoms with Crippen LogP contribution in [0.25, 0.3) is 0 Å². The first-order valence-electron chi connectivity index (χ1n) is 12.1. The second-order valence-corrected chi connectivity index (χ2v) is 9.54. The van der Waals surface area contributed by atoms with Gasteiger partial charge in [-0.15, -0.1) is 0 Å². The number of hydrogen-bond donors (Lipinski definition) is 2. The zero-order chi connectivity index (χ0) is 23.5. The third kappa shape index (κ3) is 5.08. The van der Waals surface area contributed by atoms with Gasteiger partial charge in [0, 0.05) is 30.0 Å². The molecule has 0 spiro atoms. The molecule has 1 unspecified atom stereocenters. The van der Waals surface area contributed by atoms with Crippen molar-refractivity contribution in [1.29, 1.82) is 0 Å². The van der Waals surface area contributed by atoms with Gasteiger partial charge in [0.15, 0.2) is 11.9 Å². The number of pyridine rings is 1. The molecule has 1 aromatic heterocycles. The molecule has 2 fully saturated rings. The Balaban J connectivity index is 1.45. The van der Waals surface area contributed by atoms with E-state index < -0.39 is 6.10 Å². The fourth-order valence-corrected chi connectivity index (χ4v) is 4.89. The van der Waals surface area contributed by atoms with E-state index in [0.29, 0.717) is 17.2 Å². The van der Waals surface area contributed by atoms with Gasteiger partial charge in [-0.25, -0.2) is 0 Å². The van der Waals surface area contributed by atoms with Gasteiger partial charge in [-0.1, -0.05) is 31.7 Å². The summed E-state index contributed by atoms with van der Waals surface area (Å²) >= 11 is 0. The molecule has 1 atom stereocenters. The Bertz CT molecular complexity index is 1080. The topological polar surface area (TPSA) is 97.8 Å². The number of rotatable bonds is 8. The predicted molar refractivity (Wildman–Crippen MR) is 125 cm³/mol. The van der Waals surface area contributed by atoms with Crippen LogP contribution in [0.5, 0.6) is 0 Å². The number of hydrogen-bond acceptors (Lipinski definition) is 6. The van der Waals surface area contributed by atoms with Gasteiger partial charge < -0.3 is 19.9 Å². The van der Waals surface area contributed by atoms with E-state index in [4.69, 9.17) is 9.47 Å². The van der Waals surface area contributed by atoms with Crippen LogP contribution in [-0.2, 0) is 25.7 Å².